The van der Waals surface area contributed by atoms with Crippen LogP contribution >= 0.6 is 22.9 Å². The highest BCUT2D eigenvalue weighted by molar-refractivity contribution is 7.16. The number of carbonyl (C=O) groups is 2. The van der Waals surface area contributed by atoms with Crippen LogP contribution in [0.2, 0.25) is 5.02 Å². The maximum Gasteiger partial charge on any atom is 0.297 e. The molecule has 6 nitrogen and oxygen atoms in total. The van der Waals surface area contributed by atoms with Crippen LogP contribution in [0.25, 0.3) is 10.9 Å². The first-order valence-electron chi connectivity index (χ1n) is 8.29. The second-order valence-corrected chi connectivity index (χ2v) is 7.46. The molecule has 4 rings (SSSR count). The third kappa shape index (κ3) is 3.76. The molecule has 0 saturated heterocycles. The number of anilines is 1. The fraction of sp³-hybridized carbons (Fsp3) is 0.0500. The molecule has 0 aliphatic carbocycles. The third-order valence-electron chi connectivity index (χ3n) is 4.08. The van der Waals surface area contributed by atoms with Crippen LogP contribution in [0.3, 0.4) is 0 Å². The number of Topliss-reactive ketones (excluding diaryl/α,β-unsaturated/α-hetero) is 1. The Hall–Kier alpha value is -3.16. The summed E-state index contributed by atoms with van der Waals surface area (Å²) in [6, 6.07) is 14.2. The van der Waals surface area contributed by atoms with Crippen LogP contribution in [0, 0.1) is 0 Å². The fourth-order valence-corrected chi connectivity index (χ4v) is 3.52. The highest BCUT2D eigenvalue weighted by Crippen LogP contribution is 2.28. The van der Waals surface area contributed by atoms with Gasteiger partial charge in [-0.2, -0.15) is 0 Å². The first-order valence-corrected chi connectivity index (χ1v) is 9.49. The highest BCUT2D eigenvalue weighted by Gasteiger charge is 2.20. The van der Waals surface area contributed by atoms with E-state index in [4.69, 9.17) is 16.3 Å². The Balaban J connectivity index is 1.45. The summed E-state index contributed by atoms with van der Waals surface area (Å²) in [6.07, 6.45) is 3.26. The van der Waals surface area contributed by atoms with E-state index in [0.29, 0.717) is 16.5 Å². The van der Waals surface area contributed by atoms with Crippen molar-refractivity contribution in [2.24, 2.45) is 7.05 Å². The Morgan fingerprint density at radius 3 is 2.71 bits per heavy atom. The average molecular weight is 412 g/mol. The van der Waals surface area contributed by atoms with Gasteiger partial charge in [0, 0.05) is 34.9 Å². The van der Waals surface area contributed by atoms with Gasteiger partial charge in [-0.3, -0.25) is 9.59 Å². The number of rotatable bonds is 5. The molecule has 2 aromatic carbocycles. The number of carbonyl (C=O) groups excluding carboxylic acids is 2. The quantitative estimate of drug-likeness (QED) is 0.374. The number of aryl methyl sites for hydroxylation is 1. The van der Waals surface area contributed by atoms with E-state index in [9.17, 15) is 9.59 Å². The number of benzene rings is 2. The lowest BCUT2D eigenvalue weighted by Gasteiger charge is -2.04. The highest BCUT2D eigenvalue weighted by atomic mass is 35.5. The molecule has 0 unspecified atom stereocenters. The number of halogens is 1. The van der Waals surface area contributed by atoms with Crippen LogP contribution in [0.1, 0.15) is 9.67 Å². The van der Waals surface area contributed by atoms with E-state index in [1.165, 1.54) is 6.20 Å². The van der Waals surface area contributed by atoms with Crippen molar-refractivity contribution in [3.8, 4) is 10.9 Å². The van der Waals surface area contributed by atoms with Crippen molar-refractivity contribution in [3.05, 3.63) is 70.8 Å². The molecule has 0 fully saturated rings. The lowest BCUT2D eigenvalue weighted by atomic mass is 10.2. The normalized spacial score (nSPS) is 10.8. The smallest absolute Gasteiger partial charge is 0.297 e. The molecule has 0 saturated carbocycles. The first kappa shape index (κ1) is 18.2. The third-order valence-corrected chi connectivity index (χ3v) is 5.20. The van der Waals surface area contributed by atoms with Gasteiger partial charge in [0.15, 0.2) is 0 Å². The number of fused-ring (bicyclic) bond motifs is 1. The molecule has 0 bridgehead atoms. The van der Waals surface area contributed by atoms with Crippen LogP contribution in [-0.2, 0) is 11.8 Å². The minimum Gasteiger partial charge on any atom is -0.431 e. The summed E-state index contributed by atoms with van der Waals surface area (Å²) in [5.41, 5.74) is 1.59. The van der Waals surface area contributed by atoms with Crippen LogP contribution in [0.5, 0.6) is 10.9 Å². The van der Waals surface area contributed by atoms with Gasteiger partial charge in [0.2, 0.25) is 0 Å². The van der Waals surface area contributed by atoms with Gasteiger partial charge in [0.1, 0.15) is 10.6 Å². The molecule has 4 aromatic rings. The Kier molecular flexibility index (Phi) is 4.85. The molecule has 2 aromatic heterocycles. The summed E-state index contributed by atoms with van der Waals surface area (Å²) in [5.74, 6) is -0.855. The zero-order valence-electron chi connectivity index (χ0n) is 14.7. The maximum atomic E-state index is 12.4. The number of nitrogens with zero attached hydrogens (tertiary/aromatic N) is 2. The van der Waals surface area contributed by atoms with Gasteiger partial charge >= 0.3 is 0 Å². The van der Waals surface area contributed by atoms with E-state index in [-0.39, 0.29) is 10.1 Å². The van der Waals surface area contributed by atoms with E-state index in [1.54, 1.807) is 30.3 Å². The van der Waals surface area contributed by atoms with Crippen molar-refractivity contribution in [2.45, 2.75) is 0 Å². The zero-order chi connectivity index (χ0) is 19.7. The number of amides is 1. The number of hydrogen-bond acceptors (Lipinski definition) is 5. The van der Waals surface area contributed by atoms with Crippen LogP contribution in [0.4, 0.5) is 5.69 Å². The predicted molar refractivity (Wildman–Crippen MR) is 110 cm³/mol. The molecule has 1 amide bonds. The summed E-state index contributed by atoms with van der Waals surface area (Å²) < 4.78 is 7.55. The van der Waals surface area contributed by atoms with Crippen molar-refractivity contribution < 1.29 is 14.3 Å². The van der Waals surface area contributed by atoms with Crippen LogP contribution < -0.4 is 10.1 Å². The summed E-state index contributed by atoms with van der Waals surface area (Å²) in [6.45, 7) is 0. The van der Waals surface area contributed by atoms with Crippen LogP contribution in [-0.4, -0.2) is 21.2 Å². The Morgan fingerprint density at radius 2 is 1.93 bits per heavy atom. The number of thiazole rings is 1. The second-order valence-electron chi connectivity index (χ2n) is 6.03. The maximum absolute atomic E-state index is 12.4. The molecular weight excluding hydrogens is 398 g/mol. The zero-order valence-corrected chi connectivity index (χ0v) is 16.3. The molecule has 8 heteroatoms. The van der Waals surface area contributed by atoms with Crippen molar-refractivity contribution >= 4 is 51.2 Å². The lowest BCUT2D eigenvalue weighted by molar-refractivity contribution is -0.112. The predicted octanol–water partition coefficient (Wildman–Crippen LogP) is 4.90. The van der Waals surface area contributed by atoms with Gasteiger partial charge in [-0.1, -0.05) is 22.9 Å². The van der Waals surface area contributed by atoms with Gasteiger partial charge in [-0.15, -0.1) is 0 Å². The molecule has 0 aliphatic rings. The van der Waals surface area contributed by atoms with E-state index in [1.807, 2.05) is 36.0 Å². The standard InChI is InChI=1S/C20H14ClN3O3S/c1-24-9-8-12-10-14(4-7-16(12)24)23-19(26)18(25)17-11-22-20(28-17)27-15-5-2-13(21)3-6-15/h2-11H,1H3,(H,23,26). The average Bonchev–Trinajstić information content (AvgIpc) is 3.30. The summed E-state index contributed by atoms with van der Waals surface area (Å²) in [5, 5.41) is 4.47. The minimum absolute atomic E-state index is 0.197. The van der Waals surface area contributed by atoms with Crippen molar-refractivity contribution in [3.63, 3.8) is 0 Å². The molecule has 0 atom stereocenters. The summed E-state index contributed by atoms with van der Waals surface area (Å²) in [7, 11) is 1.94. The van der Waals surface area contributed by atoms with E-state index in [0.717, 1.165) is 22.2 Å². The Morgan fingerprint density at radius 1 is 1.14 bits per heavy atom. The monoisotopic (exact) mass is 411 g/mol. The molecule has 1 N–H and O–H groups in total. The number of ether oxygens (including phenoxy) is 1. The summed E-state index contributed by atoms with van der Waals surface area (Å²) in [4.78, 5) is 29.0. The number of aromatic nitrogens is 2. The molecule has 0 radical (unpaired) electrons. The van der Waals surface area contributed by atoms with Gasteiger partial charge in [-0.05, 0) is 48.5 Å². The van der Waals surface area contributed by atoms with Crippen molar-refractivity contribution in [2.75, 3.05) is 5.32 Å². The van der Waals surface area contributed by atoms with E-state index >= 15 is 0 Å². The minimum atomic E-state index is -0.725. The second kappa shape index (κ2) is 7.46. The van der Waals surface area contributed by atoms with Gasteiger partial charge in [0.05, 0.1) is 6.20 Å². The topological polar surface area (TPSA) is 73.2 Å². The largest absolute Gasteiger partial charge is 0.431 e. The SMILES string of the molecule is Cn1ccc2cc(NC(=O)C(=O)c3cnc(Oc4ccc(Cl)cc4)s3)ccc21. The molecule has 0 aliphatic heterocycles. The van der Waals surface area contributed by atoms with Gasteiger partial charge in [0.25, 0.3) is 16.9 Å². The van der Waals surface area contributed by atoms with Gasteiger partial charge in [-0.25, -0.2) is 4.98 Å². The van der Waals surface area contributed by atoms with Crippen LogP contribution in [0.15, 0.2) is 60.9 Å². The van der Waals surface area contributed by atoms with E-state index in [2.05, 4.69) is 10.3 Å². The number of ketones is 1. The van der Waals surface area contributed by atoms with Crippen molar-refractivity contribution in [1.82, 2.24) is 9.55 Å². The number of nitrogens with one attached hydrogen (secondary N) is 1. The molecule has 2 heterocycles. The summed E-state index contributed by atoms with van der Waals surface area (Å²) >= 11 is 6.84. The first-order chi connectivity index (χ1) is 13.5. The van der Waals surface area contributed by atoms with Crippen molar-refractivity contribution in [1.29, 1.82) is 0 Å². The van der Waals surface area contributed by atoms with E-state index < -0.39 is 11.7 Å². The van der Waals surface area contributed by atoms with Gasteiger partial charge < -0.3 is 14.6 Å². The molecular formula is C20H14ClN3O3S. The Labute approximate surface area is 169 Å². The number of hydrogen-bond donors (Lipinski definition) is 1. The molecule has 28 heavy (non-hydrogen) atoms. The fourth-order valence-electron chi connectivity index (χ4n) is 2.67. The molecule has 0 spiro atoms. The Bertz CT molecular complexity index is 1180. The lowest BCUT2D eigenvalue weighted by Crippen LogP contribution is -2.22. The molecule has 140 valence electrons.